The van der Waals surface area contributed by atoms with E-state index >= 15 is 0 Å². The highest BCUT2D eigenvalue weighted by atomic mass is 35.5. The number of carbonyl (C=O) groups is 1. The lowest BCUT2D eigenvalue weighted by atomic mass is 10.0. The Hall–Kier alpha value is -2.40. The van der Waals surface area contributed by atoms with E-state index in [1.165, 1.54) is 6.92 Å². The van der Waals surface area contributed by atoms with Crippen LogP contribution >= 0.6 is 11.6 Å². The minimum Gasteiger partial charge on any atom is -0.468 e. The third-order valence-corrected chi connectivity index (χ3v) is 5.02. The second-order valence-corrected chi connectivity index (χ2v) is 6.63. The highest BCUT2D eigenvalue weighted by Gasteiger charge is 2.21. The Bertz CT molecular complexity index is 961. The number of fused-ring (bicyclic) bond motifs is 1. The number of carbonyl (C=O) groups excluding carboxylic acids is 1. The summed E-state index contributed by atoms with van der Waals surface area (Å²) in [5.74, 6) is -0.0157. The monoisotopic (exact) mass is 371 g/mol. The minimum absolute atomic E-state index is 0.0157. The molecule has 6 heteroatoms. The molecular formula is C20H22ClN3O2. The lowest BCUT2D eigenvalue weighted by Gasteiger charge is -2.16. The standard InChI is InChI=1S/C20H22ClN3O2/c1-5-14(6-2)24-19-18(23-20(24)26-4)16(9-10-22-19)15-8-7-13(12(3)25)11-17(15)21/h7-11,14H,5-6H2,1-4H3. The maximum atomic E-state index is 11.6. The first-order valence-electron chi connectivity index (χ1n) is 8.73. The number of hydrogen-bond donors (Lipinski definition) is 0. The fourth-order valence-electron chi connectivity index (χ4n) is 3.27. The summed E-state index contributed by atoms with van der Waals surface area (Å²) in [6.45, 7) is 5.80. The van der Waals surface area contributed by atoms with Gasteiger partial charge in [-0.3, -0.25) is 9.36 Å². The van der Waals surface area contributed by atoms with E-state index in [4.69, 9.17) is 16.3 Å². The van der Waals surface area contributed by atoms with Gasteiger partial charge in [0, 0.05) is 34.0 Å². The zero-order valence-corrected chi connectivity index (χ0v) is 16.2. The van der Waals surface area contributed by atoms with Crippen LogP contribution in [0.25, 0.3) is 22.3 Å². The van der Waals surface area contributed by atoms with Crippen LogP contribution in [0.1, 0.15) is 50.0 Å². The molecule has 3 aromatic rings. The molecule has 0 saturated carbocycles. The average Bonchev–Trinajstić information content (AvgIpc) is 3.01. The van der Waals surface area contributed by atoms with Crippen LogP contribution in [0.15, 0.2) is 30.5 Å². The molecule has 26 heavy (non-hydrogen) atoms. The number of methoxy groups -OCH3 is 1. The molecule has 0 N–H and O–H groups in total. The molecule has 2 aromatic heterocycles. The molecule has 0 spiro atoms. The van der Waals surface area contributed by atoms with E-state index in [0.29, 0.717) is 16.6 Å². The van der Waals surface area contributed by atoms with E-state index < -0.39 is 0 Å². The first-order chi connectivity index (χ1) is 12.5. The van der Waals surface area contributed by atoms with Crippen molar-refractivity contribution in [1.29, 1.82) is 0 Å². The van der Waals surface area contributed by atoms with E-state index in [-0.39, 0.29) is 11.8 Å². The van der Waals surface area contributed by atoms with Crippen molar-refractivity contribution in [3.8, 4) is 17.1 Å². The van der Waals surface area contributed by atoms with Crippen LogP contribution < -0.4 is 4.74 Å². The minimum atomic E-state index is -0.0157. The number of Topliss-reactive ketones (excluding diaryl/α,β-unsaturated/α-hetero) is 1. The van der Waals surface area contributed by atoms with Crippen molar-refractivity contribution in [2.24, 2.45) is 0 Å². The molecule has 0 amide bonds. The summed E-state index contributed by atoms with van der Waals surface area (Å²) in [7, 11) is 1.62. The first kappa shape index (κ1) is 18.4. The molecule has 0 aliphatic carbocycles. The van der Waals surface area contributed by atoms with Gasteiger partial charge < -0.3 is 4.74 Å². The van der Waals surface area contributed by atoms with Crippen LogP contribution in [0.2, 0.25) is 5.02 Å². The summed E-state index contributed by atoms with van der Waals surface area (Å²) in [6.07, 6.45) is 3.67. The molecule has 0 aliphatic heterocycles. The van der Waals surface area contributed by atoms with Gasteiger partial charge in [-0.25, -0.2) is 4.98 Å². The molecule has 5 nitrogen and oxygen atoms in total. The van der Waals surface area contributed by atoms with Crippen molar-refractivity contribution in [3.05, 3.63) is 41.0 Å². The number of ketones is 1. The van der Waals surface area contributed by atoms with Gasteiger partial charge in [0.25, 0.3) is 6.01 Å². The fraction of sp³-hybridized carbons (Fsp3) is 0.350. The number of pyridine rings is 1. The molecule has 1 aromatic carbocycles. The molecule has 2 heterocycles. The summed E-state index contributed by atoms with van der Waals surface area (Å²) < 4.78 is 7.57. The van der Waals surface area contributed by atoms with Gasteiger partial charge in [-0.2, -0.15) is 4.98 Å². The number of rotatable bonds is 6. The number of aromatic nitrogens is 3. The normalized spacial score (nSPS) is 11.3. The molecule has 136 valence electrons. The molecule has 0 unspecified atom stereocenters. The highest BCUT2D eigenvalue weighted by Crippen LogP contribution is 2.36. The maximum absolute atomic E-state index is 11.6. The van der Waals surface area contributed by atoms with E-state index in [1.807, 2.05) is 12.1 Å². The lowest BCUT2D eigenvalue weighted by Crippen LogP contribution is -2.09. The number of benzene rings is 1. The summed E-state index contributed by atoms with van der Waals surface area (Å²) in [6, 6.07) is 8.03. The second-order valence-electron chi connectivity index (χ2n) is 6.22. The molecule has 0 bridgehead atoms. The van der Waals surface area contributed by atoms with Gasteiger partial charge in [-0.15, -0.1) is 0 Å². The molecular weight excluding hydrogens is 350 g/mol. The Balaban J connectivity index is 2.24. The molecule has 0 radical (unpaired) electrons. The van der Waals surface area contributed by atoms with Crippen molar-refractivity contribution < 1.29 is 9.53 Å². The third-order valence-electron chi connectivity index (χ3n) is 4.70. The number of hydrogen-bond acceptors (Lipinski definition) is 4. The number of ether oxygens (including phenoxy) is 1. The van der Waals surface area contributed by atoms with Gasteiger partial charge in [0.15, 0.2) is 11.4 Å². The van der Waals surface area contributed by atoms with E-state index in [1.54, 1.807) is 25.4 Å². The predicted octanol–water partition coefficient (Wildman–Crippen LogP) is 5.32. The van der Waals surface area contributed by atoms with Crippen molar-refractivity contribution in [2.45, 2.75) is 39.7 Å². The van der Waals surface area contributed by atoms with Crippen LogP contribution in [0.4, 0.5) is 0 Å². The van der Waals surface area contributed by atoms with Gasteiger partial charge in [0.05, 0.1) is 7.11 Å². The highest BCUT2D eigenvalue weighted by molar-refractivity contribution is 6.34. The molecule has 0 fully saturated rings. The van der Waals surface area contributed by atoms with Gasteiger partial charge >= 0.3 is 0 Å². The maximum Gasteiger partial charge on any atom is 0.298 e. The quantitative estimate of drug-likeness (QED) is 0.550. The molecule has 3 rings (SSSR count). The Morgan fingerprint density at radius 3 is 2.54 bits per heavy atom. The largest absolute Gasteiger partial charge is 0.468 e. The van der Waals surface area contributed by atoms with Crippen LogP contribution in [0.3, 0.4) is 0 Å². The van der Waals surface area contributed by atoms with Crippen LogP contribution in [0.5, 0.6) is 6.01 Å². The second kappa shape index (κ2) is 7.46. The van der Waals surface area contributed by atoms with Gasteiger partial charge in [-0.05, 0) is 31.9 Å². The lowest BCUT2D eigenvalue weighted by molar-refractivity contribution is 0.101. The van der Waals surface area contributed by atoms with Crippen molar-refractivity contribution in [3.63, 3.8) is 0 Å². The van der Waals surface area contributed by atoms with Crippen molar-refractivity contribution >= 4 is 28.5 Å². The molecule has 0 saturated heterocycles. The first-order valence-corrected chi connectivity index (χ1v) is 9.11. The number of imidazole rings is 1. The number of nitrogens with zero attached hydrogens (tertiary/aromatic N) is 3. The topological polar surface area (TPSA) is 57.0 Å². The van der Waals surface area contributed by atoms with Gasteiger partial charge in [0.2, 0.25) is 0 Å². The summed E-state index contributed by atoms with van der Waals surface area (Å²) in [4.78, 5) is 20.8. The summed E-state index contributed by atoms with van der Waals surface area (Å²) in [5, 5.41) is 0.515. The van der Waals surface area contributed by atoms with Crippen LogP contribution in [0, 0.1) is 0 Å². The Kier molecular flexibility index (Phi) is 5.28. The molecule has 0 aliphatic rings. The summed E-state index contributed by atoms with van der Waals surface area (Å²) >= 11 is 6.47. The van der Waals surface area contributed by atoms with Gasteiger partial charge in [-0.1, -0.05) is 37.6 Å². The molecule has 0 atom stereocenters. The number of halogens is 1. The van der Waals surface area contributed by atoms with E-state index in [0.717, 1.165) is 35.1 Å². The Labute approximate surface area is 158 Å². The average molecular weight is 372 g/mol. The Morgan fingerprint density at radius 1 is 1.23 bits per heavy atom. The zero-order valence-electron chi connectivity index (χ0n) is 15.4. The SMILES string of the molecule is CCC(CC)n1c(OC)nc2c(-c3ccc(C(C)=O)cc3Cl)ccnc21. The zero-order chi connectivity index (χ0) is 18.8. The predicted molar refractivity (Wildman–Crippen MR) is 104 cm³/mol. The van der Waals surface area contributed by atoms with Crippen molar-refractivity contribution in [2.75, 3.05) is 7.11 Å². The fourth-order valence-corrected chi connectivity index (χ4v) is 3.55. The third kappa shape index (κ3) is 3.07. The Morgan fingerprint density at radius 2 is 1.96 bits per heavy atom. The van der Waals surface area contributed by atoms with E-state index in [9.17, 15) is 4.79 Å². The van der Waals surface area contributed by atoms with Crippen LogP contribution in [-0.2, 0) is 0 Å². The van der Waals surface area contributed by atoms with Gasteiger partial charge in [0.1, 0.15) is 5.52 Å². The summed E-state index contributed by atoms with van der Waals surface area (Å²) in [5.41, 5.74) is 3.80. The van der Waals surface area contributed by atoms with Crippen molar-refractivity contribution in [1.82, 2.24) is 14.5 Å². The van der Waals surface area contributed by atoms with Crippen LogP contribution in [-0.4, -0.2) is 27.4 Å². The smallest absolute Gasteiger partial charge is 0.298 e. The van der Waals surface area contributed by atoms with E-state index in [2.05, 4.69) is 28.4 Å².